The Hall–Kier alpha value is -5.10. The van der Waals surface area contributed by atoms with Crippen molar-refractivity contribution >= 4 is 49.3 Å². The second-order valence-corrected chi connectivity index (χ2v) is 18.8. The number of hydrogen-bond acceptors (Lipinski definition) is 6. The Morgan fingerprint density at radius 3 is 1.85 bits per heavy atom. The van der Waals surface area contributed by atoms with Crippen molar-refractivity contribution in [3.63, 3.8) is 0 Å². The number of hydrogen-bond donors (Lipinski definition) is 5. The number of sulfonamides is 1. The van der Waals surface area contributed by atoms with Crippen LogP contribution in [0.5, 0.6) is 0 Å². The summed E-state index contributed by atoms with van der Waals surface area (Å²) in [6, 6.07) is 33.3. The molecule has 0 spiro atoms. The van der Waals surface area contributed by atoms with Gasteiger partial charge >= 0.3 is 0 Å². The molecule has 3 amide bonds. The number of rotatable bonds is 23. The molecule has 0 aliphatic heterocycles. The van der Waals surface area contributed by atoms with Crippen molar-refractivity contribution in [3.05, 3.63) is 126 Å². The van der Waals surface area contributed by atoms with Crippen LogP contribution >= 0.6 is 0 Å². The number of unbranched alkanes of at least 4 members (excludes halogenated alkanes) is 1. The molecule has 0 heterocycles. The fraction of sp³-hybridized carbons (Fsp3) is 0.420. The van der Waals surface area contributed by atoms with E-state index in [2.05, 4.69) is 57.1 Å². The van der Waals surface area contributed by atoms with Crippen LogP contribution in [0.15, 0.2) is 114 Å². The van der Waals surface area contributed by atoms with Gasteiger partial charge in [-0.2, -0.15) is 0 Å². The van der Waals surface area contributed by atoms with Gasteiger partial charge in [-0.1, -0.05) is 137 Å². The van der Waals surface area contributed by atoms with Crippen molar-refractivity contribution in [2.45, 2.75) is 109 Å². The van der Waals surface area contributed by atoms with Crippen LogP contribution in [0.2, 0.25) is 0 Å². The van der Waals surface area contributed by atoms with Gasteiger partial charge in [0.05, 0.1) is 23.5 Å². The molecule has 11 heteroatoms. The summed E-state index contributed by atoms with van der Waals surface area (Å²) in [5.74, 6) is -1.22. The molecule has 5 rings (SSSR count). The van der Waals surface area contributed by atoms with Crippen molar-refractivity contribution in [2.24, 2.45) is 17.8 Å². The molecule has 0 aliphatic carbocycles. The summed E-state index contributed by atoms with van der Waals surface area (Å²) >= 11 is 0. The summed E-state index contributed by atoms with van der Waals surface area (Å²) in [5, 5.41) is 24.6. The minimum atomic E-state index is -3.73. The van der Waals surface area contributed by atoms with Crippen molar-refractivity contribution in [2.75, 3.05) is 13.1 Å². The largest absolute Gasteiger partial charge is 0.390 e. The van der Waals surface area contributed by atoms with Crippen LogP contribution in [0.3, 0.4) is 0 Å². The Balaban J connectivity index is 1.39. The number of benzene rings is 5. The van der Waals surface area contributed by atoms with E-state index in [1.807, 2.05) is 83.1 Å². The zero-order valence-electron chi connectivity index (χ0n) is 36.3. The van der Waals surface area contributed by atoms with Crippen molar-refractivity contribution in [3.8, 4) is 0 Å². The molecule has 0 saturated carbocycles. The van der Waals surface area contributed by atoms with Gasteiger partial charge in [-0.25, -0.2) is 13.1 Å². The van der Waals surface area contributed by atoms with E-state index in [0.717, 1.165) is 44.7 Å². The average molecular weight is 849 g/mol. The first-order chi connectivity index (χ1) is 29.2. The molecule has 0 aliphatic rings. The van der Waals surface area contributed by atoms with E-state index in [1.54, 1.807) is 24.3 Å². The van der Waals surface area contributed by atoms with Gasteiger partial charge < -0.3 is 21.1 Å². The lowest BCUT2D eigenvalue weighted by molar-refractivity contribution is -0.132. The van der Waals surface area contributed by atoms with E-state index in [4.69, 9.17) is 0 Å². The number of aryl methyl sites for hydroxylation is 1. The smallest absolute Gasteiger partial charge is 0.242 e. The minimum absolute atomic E-state index is 0.0866. The van der Waals surface area contributed by atoms with Gasteiger partial charge in [0.2, 0.25) is 27.7 Å². The number of aliphatic hydroxyl groups excluding tert-OH is 1. The van der Waals surface area contributed by atoms with Crippen LogP contribution in [-0.4, -0.2) is 62.5 Å². The minimum Gasteiger partial charge on any atom is -0.390 e. The highest BCUT2D eigenvalue weighted by Gasteiger charge is 2.31. The summed E-state index contributed by atoms with van der Waals surface area (Å²) in [6.45, 7) is 10.6. The Labute approximate surface area is 362 Å². The average Bonchev–Trinajstić information content (AvgIpc) is 3.24. The number of carbonyl (C=O) groups is 3. The van der Waals surface area contributed by atoms with Crippen molar-refractivity contribution < 1.29 is 27.9 Å². The number of fused-ring (bicyclic) bond motifs is 2. The lowest BCUT2D eigenvalue weighted by Crippen LogP contribution is -2.54. The number of nitrogens with one attached hydrogen (secondary N) is 4. The molecule has 326 valence electrons. The predicted molar refractivity (Wildman–Crippen MR) is 245 cm³/mol. The molecule has 4 atom stereocenters. The van der Waals surface area contributed by atoms with Crippen LogP contribution in [0.1, 0.15) is 82.9 Å². The molecule has 10 nitrogen and oxygen atoms in total. The van der Waals surface area contributed by atoms with Gasteiger partial charge in [-0.15, -0.1) is 0 Å². The van der Waals surface area contributed by atoms with E-state index in [1.165, 1.54) is 0 Å². The van der Waals surface area contributed by atoms with Gasteiger partial charge in [0.25, 0.3) is 0 Å². The van der Waals surface area contributed by atoms with E-state index in [9.17, 15) is 27.9 Å². The third-order valence-electron chi connectivity index (χ3n) is 11.5. The summed E-state index contributed by atoms with van der Waals surface area (Å²) in [6.07, 6.45) is 1.89. The molecule has 3 unspecified atom stereocenters. The standard InChI is InChI=1S/C50H64N4O6S/c1-6-35(4)33-51-48(56)32-47(55)46(29-34(2)3)54-50(58)45(23-11-12-28-52-61(59,60)42-26-24-36(5)25-27-42)53-49(57)41(30-39-19-13-17-37-15-7-9-21-43(37)39)31-40-20-14-18-38-16-8-10-22-44(38)40/h7-10,13-22,24-27,34-35,41,45-47,52,55H,6,11-12,23,28-33H2,1-5H3,(H,51,56)(H,53,57)(H,54,58)/t35?,45?,46?,47-/m0/s1. The first-order valence-corrected chi connectivity index (χ1v) is 23.3. The van der Waals surface area contributed by atoms with Crippen LogP contribution in [0.25, 0.3) is 21.5 Å². The molecular formula is C50H64N4O6S. The number of amides is 3. The Bertz CT molecular complexity index is 2240. The molecule has 5 aromatic carbocycles. The highest BCUT2D eigenvalue weighted by Crippen LogP contribution is 2.27. The molecule has 0 bridgehead atoms. The first-order valence-electron chi connectivity index (χ1n) is 21.8. The quantitative estimate of drug-likeness (QED) is 0.0424. The molecule has 0 radical (unpaired) electrons. The lowest BCUT2D eigenvalue weighted by Gasteiger charge is -2.29. The van der Waals surface area contributed by atoms with Gasteiger partial charge in [0.15, 0.2) is 0 Å². The predicted octanol–water partition coefficient (Wildman–Crippen LogP) is 7.78. The SMILES string of the molecule is CCC(C)CNC(=O)C[C@H](O)C(CC(C)C)NC(=O)C(CCCCNS(=O)(=O)c1ccc(C)cc1)NC(=O)C(Cc1cccc2ccccc12)Cc1cccc2ccccc12. The Morgan fingerprint density at radius 2 is 1.28 bits per heavy atom. The maximum absolute atomic E-state index is 14.7. The summed E-state index contributed by atoms with van der Waals surface area (Å²) in [4.78, 5) is 42.2. The van der Waals surface area contributed by atoms with Crippen LogP contribution in [0, 0.1) is 24.7 Å². The molecule has 0 fully saturated rings. The summed E-state index contributed by atoms with van der Waals surface area (Å²) < 4.78 is 28.6. The molecule has 5 N–H and O–H groups in total. The van der Waals surface area contributed by atoms with E-state index < -0.39 is 40.0 Å². The highest BCUT2D eigenvalue weighted by molar-refractivity contribution is 7.89. The van der Waals surface area contributed by atoms with E-state index in [0.29, 0.717) is 44.6 Å². The normalized spacial score (nSPS) is 13.8. The number of aliphatic hydroxyl groups is 1. The molecule has 5 aromatic rings. The topological polar surface area (TPSA) is 154 Å². The summed E-state index contributed by atoms with van der Waals surface area (Å²) in [5.41, 5.74) is 2.99. The van der Waals surface area contributed by atoms with Gasteiger partial charge in [-0.05, 0) is 102 Å². The van der Waals surface area contributed by atoms with Crippen molar-refractivity contribution in [1.29, 1.82) is 0 Å². The zero-order valence-corrected chi connectivity index (χ0v) is 37.1. The second-order valence-electron chi connectivity index (χ2n) is 17.0. The van der Waals surface area contributed by atoms with E-state index in [-0.39, 0.29) is 42.0 Å². The molecular weight excluding hydrogens is 785 g/mol. The van der Waals surface area contributed by atoms with E-state index >= 15 is 0 Å². The molecule has 61 heavy (non-hydrogen) atoms. The first kappa shape index (κ1) is 47.0. The van der Waals surface area contributed by atoms with Gasteiger partial charge in [0.1, 0.15) is 6.04 Å². The molecule has 0 saturated heterocycles. The second kappa shape index (κ2) is 22.7. The Morgan fingerprint density at radius 1 is 0.705 bits per heavy atom. The van der Waals surface area contributed by atoms with Crippen LogP contribution < -0.4 is 20.7 Å². The third kappa shape index (κ3) is 14.0. The molecule has 0 aromatic heterocycles. The maximum Gasteiger partial charge on any atom is 0.242 e. The third-order valence-corrected chi connectivity index (χ3v) is 13.0. The van der Waals surface area contributed by atoms with Gasteiger partial charge in [-0.3, -0.25) is 14.4 Å². The lowest BCUT2D eigenvalue weighted by atomic mass is 9.87. The fourth-order valence-electron chi connectivity index (χ4n) is 7.71. The maximum atomic E-state index is 14.7. The Kier molecular flexibility index (Phi) is 17.4. The van der Waals surface area contributed by atoms with Crippen molar-refractivity contribution in [1.82, 2.24) is 20.7 Å². The highest BCUT2D eigenvalue weighted by atomic mass is 32.2. The van der Waals surface area contributed by atoms with Crippen LogP contribution in [0.4, 0.5) is 0 Å². The monoisotopic (exact) mass is 848 g/mol. The fourth-order valence-corrected chi connectivity index (χ4v) is 8.78. The zero-order chi connectivity index (χ0) is 43.9. The number of carbonyl (C=O) groups excluding carboxylic acids is 3. The summed E-state index contributed by atoms with van der Waals surface area (Å²) in [7, 11) is -3.73. The van der Waals surface area contributed by atoms with Gasteiger partial charge in [0, 0.05) is 19.0 Å². The van der Waals surface area contributed by atoms with Crippen LogP contribution in [-0.2, 0) is 37.2 Å².